The molecule has 2 aliphatic carbocycles. The summed E-state index contributed by atoms with van der Waals surface area (Å²) in [6, 6.07) is 5.63. The second-order valence-electron chi connectivity index (χ2n) is 9.74. The number of benzene rings is 1. The monoisotopic (exact) mass is 434 g/mol. The largest absolute Gasteiger partial charge is 0.416 e. The van der Waals surface area contributed by atoms with Crippen molar-refractivity contribution >= 4 is 0 Å². The lowest BCUT2D eigenvalue weighted by Gasteiger charge is -2.29. The van der Waals surface area contributed by atoms with E-state index in [4.69, 9.17) is 0 Å². The minimum absolute atomic E-state index is 0.296. The van der Waals surface area contributed by atoms with Crippen molar-refractivity contribution in [3.05, 3.63) is 35.4 Å². The van der Waals surface area contributed by atoms with E-state index in [1.165, 1.54) is 57.1 Å². The van der Waals surface area contributed by atoms with Gasteiger partial charge in [-0.05, 0) is 67.6 Å². The first-order chi connectivity index (χ1) is 14.8. The van der Waals surface area contributed by atoms with Crippen molar-refractivity contribution in [2.45, 2.75) is 102 Å². The summed E-state index contributed by atoms with van der Waals surface area (Å²) >= 11 is 0. The molecule has 1 aromatic carbocycles. The third kappa shape index (κ3) is 7.56. The van der Waals surface area contributed by atoms with Crippen molar-refractivity contribution in [1.82, 2.24) is 0 Å². The van der Waals surface area contributed by atoms with Gasteiger partial charge in [-0.15, -0.1) is 0 Å². The zero-order valence-electron chi connectivity index (χ0n) is 18.8. The van der Waals surface area contributed by atoms with E-state index in [2.05, 4.69) is 18.8 Å². The highest BCUT2D eigenvalue weighted by atomic mass is 19.4. The second-order valence-corrected chi connectivity index (χ2v) is 9.74. The Balaban J connectivity index is 1.39. The zero-order chi connectivity index (χ0) is 22.3. The molecular weight excluding hydrogens is 397 g/mol. The molecule has 4 heteroatoms. The van der Waals surface area contributed by atoms with E-state index in [9.17, 15) is 18.3 Å². The molecule has 1 atom stereocenters. The van der Waals surface area contributed by atoms with Gasteiger partial charge in [-0.25, -0.2) is 0 Å². The van der Waals surface area contributed by atoms with Crippen LogP contribution in [0.3, 0.4) is 0 Å². The molecule has 1 aromatic rings. The molecule has 0 saturated heterocycles. The van der Waals surface area contributed by atoms with Crippen molar-refractivity contribution in [3.8, 4) is 11.8 Å². The lowest BCUT2D eigenvalue weighted by Crippen LogP contribution is -2.19. The molecule has 0 heterocycles. The maximum absolute atomic E-state index is 12.7. The van der Waals surface area contributed by atoms with Gasteiger partial charge >= 0.3 is 6.18 Å². The molecule has 172 valence electrons. The van der Waals surface area contributed by atoms with Gasteiger partial charge in [0, 0.05) is 5.92 Å². The molecule has 0 aliphatic heterocycles. The Labute approximate surface area is 185 Å². The highest BCUT2D eigenvalue weighted by Crippen LogP contribution is 2.37. The summed E-state index contributed by atoms with van der Waals surface area (Å²) < 4.78 is 38.2. The highest BCUT2D eigenvalue weighted by Gasteiger charge is 2.30. The number of rotatable bonds is 6. The van der Waals surface area contributed by atoms with Gasteiger partial charge in [0.05, 0.1) is 5.56 Å². The predicted octanol–water partition coefficient (Wildman–Crippen LogP) is 7.73. The van der Waals surface area contributed by atoms with Crippen molar-refractivity contribution < 1.29 is 18.3 Å². The Kier molecular flexibility index (Phi) is 8.90. The zero-order valence-corrected chi connectivity index (χ0v) is 18.8. The van der Waals surface area contributed by atoms with Crippen LogP contribution in [0.25, 0.3) is 0 Å². The summed E-state index contributed by atoms with van der Waals surface area (Å²) in [4.78, 5) is 0. The SMILES string of the molecule is CCCC[C@H]1CC[C@H](CC(O)C#C[C@H]2CC[C@H](c3ccc(C(F)(F)F)cc3)CC2)CC1. The van der Waals surface area contributed by atoms with E-state index in [1.54, 1.807) is 12.1 Å². The van der Waals surface area contributed by atoms with Gasteiger partial charge in [0.15, 0.2) is 0 Å². The van der Waals surface area contributed by atoms with E-state index in [0.717, 1.165) is 43.6 Å². The van der Waals surface area contributed by atoms with Crippen LogP contribution >= 0.6 is 0 Å². The summed E-state index contributed by atoms with van der Waals surface area (Å²) in [6.45, 7) is 2.25. The number of hydrogen-bond donors (Lipinski definition) is 1. The van der Waals surface area contributed by atoms with Gasteiger partial charge in [-0.3, -0.25) is 0 Å². The average molecular weight is 435 g/mol. The van der Waals surface area contributed by atoms with Crippen molar-refractivity contribution in [3.63, 3.8) is 0 Å². The third-order valence-electron chi connectivity index (χ3n) is 7.38. The number of halogens is 3. The quantitative estimate of drug-likeness (QED) is 0.454. The van der Waals surface area contributed by atoms with Gasteiger partial charge in [0.25, 0.3) is 0 Å². The van der Waals surface area contributed by atoms with Crippen molar-refractivity contribution in [2.75, 3.05) is 0 Å². The fourth-order valence-electron chi connectivity index (χ4n) is 5.35. The number of aliphatic hydroxyl groups excluding tert-OH is 1. The smallest absolute Gasteiger partial charge is 0.380 e. The van der Waals surface area contributed by atoms with Crippen LogP contribution in [0.5, 0.6) is 0 Å². The van der Waals surface area contributed by atoms with E-state index < -0.39 is 17.8 Å². The highest BCUT2D eigenvalue weighted by molar-refractivity contribution is 5.27. The number of alkyl halides is 3. The van der Waals surface area contributed by atoms with E-state index in [-0.39, 0.29) is 0 Å². The van der Waals surface area contributed by atoms with Crippen LogP contribution in [0, 0.1) is 29.6 Å². The number of hydrogen-bond acceptors (Lipinski definition) is 1. The summed E-state index contributed by atoms with van der Waals surface area (Å²) in [6.07, 6.45) is 8.84. The lowest BCUT2D eigenvalue weighted by molar-refractivity contribution is -0.137. The maximum atomic E-state index is 12.7. The van der Waals surface area contributed by atoms with Crippen LogP contribution in [-0.2, 0) is 6.18 Å². The molecule has 0 aromatic heterocycles. The lowest BCUT2D eigenvalue weighted by atomic mass is 9.77. The minimum atomic E-state index is -4.28. The molecular formula is C27H37F3O. The topological polar surface area (TPSA) is 20.2 Å². The molecule has 1 nitrogen and oxygen atoms in total. The summed E-state index contributed by atoms with van der Waals surface area (Å²) in [7, 11) is 0. The van der Waals surface area contributed by atoms with Gasteiger partial charge < -0.3 is 5.11 Å². The standard InChI is InChI=1S/C27H37F3O/c1-2-3-4-20-5-7-22(8-6-20)19-26(31)18-11-21-9-12-23(13-10-21)24-14-16-25(17-15-24)27(28,29)30/h14-17,20-23,26,31H,2-10,12-13,19H2,1H3/t20-,21-,22-,23-,26?. The molecule has 1 unspecified atom stereocenters. The number of aliphatic hydroxyl groups is 1. The van der Waals surface area contributed by atoms with Crippen LogP contribution < -0.4 is 0 Å². The Hall–Kier alpha value is -1.47. The summed E-state index contributed by atoms with van der Waals surface area (Å²) in [5, 5.41) is 10.4. The van der Waals surface area contributed by atoms with Crippen LogP contribution in [0.4, 0.5) is 13.2 Å². The van der Waals surface area contributed by atoms with E-state index >= 15 is 0 Å². The average Bonchev–Trinajstić information content (AvgIpc) is 2.77. The van der Waals surface area contributed by atoms with Gasteiger partial charge in [-0.1, -0.05) is 75.8 Å². The Bertz CT molecular complexity index is 712. The van der Waals surface area contributed by atoms with Crippen molar-refractivity contribution in [1.29, 1.82) is 0 Å². The molecule has 0 radical (unpaired) electrons. The van der Waals surface area contributed by atoms with Crippen LogP contribution in [0.1, 0.15) is 101 Å². The molecule has 0 amide bonds. The molecule has 0 spiro atoms. The van der Waals surface area contributed by atoms with Crippen LogP contribution in [-0.4, -0.2) is 11.2 Å². The fourth-order valence-corrected chi connectivity index (χ4v) is 5.35. The summed E-state index contributed by atoms with van der Waals surface area (Å²) in [5.41, 5.74) is 0.410. The second kappa shape index (κ2) is 11.4. The Morgan fingerprint density at radius 2 is 1.55 bits per heavy atom. The normalized spacial score (nSPS) is 27.9. The Morgan fingerprint density at radius 1 is 0.935 bits per heavy atom. The first kappa shape index (κ1) is 24.2. The van der Waals surface area contributed by atoms with Gasteiger partial charge in [0.2, 0.25) is 0 Å². The van der Waals surface area contributed by atoms with E-state index in [1.807, 2.05) is 0 Å². The molecule has 1 N–H and O–H groups in total. The fraction of sp³-hybridized carbons (Fsp3) is 0.704. The first-order valence-corrected chi connectivity index (χ1v) is 12.2. The van der Waals surface area contributed by atoms with Gasteiger partial charge in [-0.2, -0.15) is 13.2 Å². The predicted molar refractivity (Wildman–Crippen MR) is 120 cm³/mol. The first-order valence-electron chi connectivity index (χ1n) is 12.2. The maximum Gasteiger partial charge on any atom is 0.416 e. The molecule has 2 aliphatic rings. The van der Waals surface area contributed by atoms with Gasteiger partial charge in [0.1, 0.15) is 6.10 Å². The minimum Gasteiger partial charge on any atom is -0.380 e. The molecule has 3 rings (SSSR count). The molecule has 0 bridgehead atoms. The molecule has 2 fully saturated rings. The van der Waals surface area contributed by atoms with Crippen LogP contribution in [0.15, 0.2) is 24.3 Å². The van der Waals surface area contributed by atoms with Crippen molar-refractivity contribution in [2.24, 2.45) is 17.8 Å². The number of unbranched alkanes of at least 4 members (excludes halogenated alkanes) is 1. The molecule has 31 heavy (non-hydrogen) atoms. The molecule has 2 saturated carbocycles. The van der Waals surface area contributed by atoms with E-state index in [0.29, 0.717) is 17.8 Å². The third-order valence-corrected chi connectivity index (χ3v) is 7.38. The Morgan fingerprint density at radius 3 is 2.13 bits per heavy atom. The van der Waals surface area contributed by atoms with Crippen LogP contribution in [0.2, 0.25) is 0 Å². The summed E-state index contributed by atoms with van der Waals surface area (Å²) in [5.74, 6) is 8.51.